The molecule has 20 heavy (non-hydrogen) atoms. The van der Waals surface area contributed by atoms with E-state index in [1.54, 1.807) is 0 Å². The number of hydrogen-bond acceptors (Lipinski definition) is 2. The van der Waals surface area contributed by atoms with E-state index in [1.807, 2.05) is 18.2 Å². The summed E-state index contributed by atoms with van der Waals surface area (Å²) in [6.07, 6.45) is 4.60. The Bertz CT molecular complexity index is 468. The van der Waals surface area contributed by atoms with Crippen molar-refractivity contribution < 1.29 is 4.79 Å². The molecule has 110 valence electrons. The van der Waals surface area contributed by atoms with Gasteiger partial charge in [0.05, 0.1) is 6.54 Å². The molecule has 1 amide bonds. The van der Waals surface area contributed by atoms with Crippen molar-refractivity contribution >= 4 is 11.6 Å². The average Bonchev–Trinajstić information content (AvgIpc) is 2.76. The van der Waals surface area contributed by atoms with E-state index in [2.05, 4.69) is 37.5 Å². The summed E-state index contributed by atoms with van der Waals surface area (Å²) < 4.78 is 0. The normalized spacial score (nSPS) is 20.9. The third-order valence-electron chi connectivity index (χ3n) is 4.44. The van der Waals surface area contributed by atoms with Gasteiger partial charge in [-0.1, -0.05) is 45.4 Å². The Morgan fingerprint density at radius 1 is 1.35 bits per heavy atom. The number of amides is 1. The molecule has 1 aliphatic carbocycles. The molecule has 1 saturated carbocycles. The molecular weight excluding hydrogens is 248 g/mol. The highest BCUT2D eigenvalue weighted by molar-refractivity contribution is 5.93. The van der Waals surface area contributed by atoms with Crippen LogP contribution >= 0.6 is 0 Å². The zero-order chi connectivity index (χ0) is 14.6. The number of benzene rings is 1. The second-order valence-corrected chi connectivity index (χ2v) is 6.37. The summed E-state index contributed by atoms with van der Waals surface area (Å²) in [5, 5.41) is 6.43. The Balaban J connectivity index is 1.87. The highest BCUT2D eigenvalue weighted by Crippen LogP contribution is 2.36. The van der Waals surface area contributed by atoms with E-state index in [1.165, 1.54) is 24.8 Å². The van der Waals surface area contributed by atoms with Crippen molar-refractivity contribution in [1.29, 1.82) is 0 Å². The lowest BCUT2D eigenvalue weighted by Gasteiger charge is -2.27. The largest absolute Gasteiger partial charge is 0.325 e. The lowest BCUT2D eigenvalue weighted by molar-refractivity contribution is -0.115. The maximum atomic E-state index is 12.1. The fraction of sp³-hybridized carbons (Fsp3) is 0.588. The second-order valence-electron chi connectivity index (χ2n) is 6.37. The molecule has 2 rings (SSSR count). The van der Waals surface area contributed by atoms with E-state index in [-0.39, 0.29) is 5.91 Å². The molecule has 1 atom stereocenters. The van der Waals surface area contributed by atoms with E-state index >= 15 is 0 Å². The number of hydrogen-bond donors (Lipinski definition) is 2. The number of rotatable bonds is 5. The van der Waals surface area contributed by atoms with Crippen LogP contribution in [0.1, 0.15) is 45.6 Å². The Labute approximate surface area is 122 Å². The van der Waals surface area contributed by atoms with Gasteiger partial charge in [0, 0.05) is 11.7 Å². The van der Waals surface area contributed by atoms with Crippen LogP contribution in [0.25, 0.3) is 0 Å². The summed E-state index contributed by atoms with van der Waals surface area (Å²) in [5.74, 6) is 0.0496. The standard InChI is InChI=1S/C17H26N2O/c1-4-13-8-5-6-9-14(13)19-16(20)12-18-15-10-7-11-17(15,2)3/h5-6,8-9,15,18H,4,7,10-12H2,1-3H3,(H,19,20). The molecule has 0 heterocycles. The van der Waals surface area contributed by atoms with Gasteiger partial charge in [-0.25, -0.2) is 0 Å². The molecule has 1 fully saturated rings. The first-order valence-electron chi connectivity index (χ1n) is 7.64. The summed E-state index contributed by atoms with van der Waals surface area (Å²) in [7, 11) is 0. The summed E-state index contributed by atoms with van der Waals surface area (Å²) in [4.78, 5) is 12.1. The number of carbonyl (C=O) groups is 1. The van der Waals surface area contributed by atoms with Crippen molar-refractivity contribution in [3.05, 3.63) is 29.8 Å². The third kappa shape index (κ3) is 3.60. The molecule has 1 aromatic rings. The van der Waals surface area contributed by atoms with E-state index < -0.39 is 0 Å². The molecular formula is C17H26N2O. The van der Waals surface area contributed by atoms with Gasteiger partial charge < -0.3 is 10.6 Å². The van der Waals surface area contributed by atoms with Crippen molar-refractivity contribution in [2.45, 2.75) is 52.5 Å². The molecule has 0 radical (unpaired) electrons. The van der Waals surface area contributed by atoms with Crippen LogP contribution in [0.15, 0.2) is 24.3 Å². The molecule has 0 bridgehead atoms. The Morgan fingerprint density at radius 2 is 2.10 bits per heavy atom. The van der Waals surface area contributed by atoms with Crippen molar-refractivity contribution in [1.82, 2.24) is 5.32 Å². The monoisotopic (exact) mass is 274 g/mol. The first kappa shape index (κ1) is 15.0. The minimum absolute atomic E-state index is 0.0496. The molecule has 1 aliphatic rings. The molecule has 3 nitrogen and oxygen atoms in total. The lowest BCUT2D eigenvalue weighted by atomic mass is 9.87. The van der Waals surface area contributed by atoms with Gasteiger partial charge in [0.2, 0.25) is 5.91 Å². The fourth-order valence-electron chi connectivity index (χ4n) is 3.07. The number of aryl methyl sites for hydroxylation is 1. The van der Waals surface area contributed by atoms with Crippen LogP contribution in [0.3, 0.4) is 0 Å². The zero-order valence-electron chi connectivity index (χ0n) is 12.8. The molecule has 3 heteroatoms. The van der Waals surface area contributed by atoms with E-state index in [0.717, 1.165) is 12.1 Å². The van der Waals surface area contributed by atoms with Gasteiger partial charge in [0.25, 0.3) is 0 Å². The zero-order valence-corrected chi connectivity index (χ0v) is 12.8. The first-order valence-corrected chi connectivity index (χ1v) is 7.64. The van der Waals surface area contributed by atoms with Crippen LogP contribution in [-0.2, 0) is 11.2 Å². The SMILES string of the molecule is CCc1ccccc1NC(=O)CNC1CCCC1(C)C. The molecule has 1 unspecified atom stereocenters. The van der Waals surface area contributed by atoms with Gasteiger partial charge in [-0.15, -0.1) is 0 Å². The number of anilines is 1. The maximum absolute atomic E-state index is 12.1. The Morgan fingerprint density at radius 3 is 2.75 bits per heavy atom. The van der Waals surface area contributed by atoms with E-state index in [9.17, 15) is 4.79 Å². The van der Waals surface area contributed by atoms with Crippen LogP contribution in [0.5, 0.6) is 0 Å². The number of para-hydroxylation sites is 1. The van der Waals surface area contributed by atoms with Crippen molar-refractivity contribution in [3.8, 4) is 0 Å². The summed E-state index contributed by atoms with van der Waals surface area (Å²) in [6.45, 7) is 7.06. The topological polar surface area (TPSA) is 41.1 Å². The van der Waals surface area contributed by atoms with Gasteiger partial charge in [-0.3, -0.25) is 4.79 Å². The van der Waals surface area contributed by atoms with Gasteiger partial charge in [-0.05, 0) is 36.3 Å². The predicted octanol–water partition coefficient (Wildman–Crippen LogP) is 3.36. The first-order chi connectivity index (χ1) is 9.53. The smallest absolute Gasteiger partial charge is 0.238 e. The number of carbonyl (C=O) groups excluding carboxylic acids is 1. The Hall–Kier alpha value is -1.35. The summed E-state index contributed by atoms with van der Waals surface area (Å²) in [6, 6.07) is 8.45. The lowest BCUT2D eigenvalue weighted by Crippen LogP contribution is -2.41. The molecule has 0 aliphatic heterocycles. The molecule has 0 spiro atoms. The summed E-state index contributed by atoms with van der Waals surface area (Å²) in [5.41, 5.74) is 2.43. The van der Waals surface area contributed by atoms with Crippen LogP contribution in [0.2, 0.25) is 0 Å². The molecule has 0 saturated heterocycles. The van der Waals surface area contributed by atoms with Crippen LogP contribution < -0.4 is 10.6 Å². The quantitative estimate of drug-likeness (QED) is 0.864. The van der Waals surface area contributed by atoms with Gasteiger partial charge in [-0.2, -0.15) is 0 Å². The average molecular weight is 274 g/mol. The minimum atomic E-state index is 0.0496. The minimum Gasteiger partial charge on any atom is -0.325 e. The maximum Gasteiger partial charge on any atom is 0.238 e. The summed E-state index contributed by atoms with van der Waals surface area (Å²) >= 11 is 0. The van der Waals surface area contributed by atoms with Crippen LogP contribution in [0, 0.1) is 5.41 Å². The van der Waals surface area contributed by atoms with Crippen molar-refractivity contribution in [3.63, 3.8) is 0 Å². The fourth-order valence-corrected chi connectivity index (χ4v) is 3.07. The van der Waals surface area contributed by atoms with Crippen molar-refractivity contribution in [2.75, 3.05) is 11.9 Å². The highest BCUT2D eigenvalue weighted by atomic mass is 16.1. The van der Waals surface area contributed by atoms with Gasteiger partial charge in [0.1, 0.15) is 0 Å². The van der Waals surface area contributed by atoms with E-state index in [0.29, 0.717) is 18.0 Å². The molecule has 2 N–H and O–H groups in total. The van der Waals surface area contributed by atoms with Crippen LogP contribution in [0.4, 0.5) is 5.69 Å². The Kier molecular flexibility index (Phi) is 4.81. The van der Waals surface area contributed by atoms with Gasteiger partial charge in [0.15, 0.2) is 0 Å². The van der Waals surface area contributed by atoms with Gasteiger partial charge >= 0.3 is 0 Å². The van der Waals surface area contributed by atoms with E-state index in [4.69, 9.17) is 0 Å². The second kappa shape index (κ2) is 6.40. The highest BCUT2D eigenvalue weighted by Gasteiger charge is 2.34. The molecule has 0 aromatic heterocycles. The number of nitrogens with one attached hydrogen (secondary N) is 2. The molecule has 1 aromatic carbocycles. The van der Waals surface area contributed by atoms with Crippen molar-refractivity contribution in [2.24, 2.45) is 5.41 Å². The van der Waals surface area contributed by atoms with Crippen LogP contribution in [-0.4, -0.2) is 18.5 Å². The predicted molar refractivity (Wildman–Crippen MR) is 83.9 cm³/mol. The third-order valence-corrected chi connectivity index (χ3v) is 4.44.